The second-order valence-corrected chi connectivity index (χ2v) is 7.48. The van der Waals surface area contributed by atoms with Crippen LogP contribution in [0.25, 0.3) is 0 Å². The van der Waals surface area contributed by atoms with Crippen molar-refractivity contribution in [2.45, 2.75) is 31.2 Å². The zero-order valence-electron chi connectivity index (χ0n) is 15.4. The molecule has 2 N–H and O–H groups in total. The molecule has 2 heterocycles. The molecular formula is C21H19F2N3OS. The molecule has 0 saturated carbocycles. The molecule has 0 radical (unpaired) electrons. The third-order valence-electron chi connectivity index (χ3n) is 4.58. The lowest BCUT2D eigenvalue weighted by Crippen LogP contribution is -2.30. The van der Waals surface area contributed by atoms with Gasteiger partial charge in [0.15, 0.2) is 0 Å². The van der Waals surface area contributed by atoms with Gasteiger partial charge in [0.1, 0.15) is 23.2 Å². The molecule has 1 aliphatic heterocycles. The van der Waals surface area contributed by atoms with Crippen molar-refractivity contribution in [3.63, 3.8) is 0 Å². The smallest absolute Gasteiger partial charge is 0.206 e. The van der Waals surface area contributed by atoms with E-state index in [1.165, 1.54) is 30.1 Å². The molecule has 3 aromatic rings. The van der Waals surface area contributed by atoms with E-state index in [1.54, 1.807) is 12.1 Å². The van der Waals surface area contributed by atoms with Gasteiger partial charge in [-0.1, -0.05) is 19.1 Å². The average Bonchev–Trinajstić information content (AvgIpc) is 3.12. The molecule has 0 spiro atoms. The van der Waals surface area contributed by atoms with Gasteiger partial charge in [-0.15, -0.1) is 0 Å². The number of fused-ring (bicyclic) bond motifs is 1. The molecule has 144 valence electrons. The Balaban J connectivity index is 1.63. The quantitative estimate of drug-likeness (QED) is 0.561. The van der Waals surface area contributed by atoms with Gasteiger partial charge in [0, 0.05) is 11.5 Å². The number of halogens is 2. The lowest BCUT2D eigenvalue weighted by atomic mass is 9.96. The highest BCUT2D eigenvalue weighted by atomic mass is 32.2. The van der Waals surface area contributed by atoms with Crippen molar-refractivity contribution in [2.24, 2.45) is 4.99 Å². The van der Waals surface area contributed by atoms with E-state index >= 15 is 0 Å². The molecular weight excluding hydrogens is 380 g/mol. The monoisotopic (exact) mass is 399 g/mol. The largest absolute Gasteiger partial charge is 0.466 e. The van der Waals surface area contributed by atoms with Crippen LogP contribution in [0.4, 0.5) is 14.5 Å². The van der Waals surface area contributed by atoms with Gasteiger partial charge in [-0.25, -0.2) is 13.8 Å². The SMILES string of the molecule is Cc1ccc([C@H](C)c2c(F)ccc3c2NC(=NCc2cccc(F)c2)NS3)o1. The Bertz CT molecular complexity index is 1050. The molecule has 7 heteroatoms. The number of nitrogens with one attached hydrogen (secondary N) is 2. The van der Waals surface area contributed by atoms with Crippen LogP contribution in [0.15, 0.2) is 62.8 Å². The molecule has 0 aliphatic carbocycles. The fourth-order valence-corrected chi connectivity index (χ4v) is 3.89. The molecule has 0 unspecified atom stereocenters. The number of hydrogen-bond donors (Lipinski definition) is 2. The van der Waals surface area contributed by atoms with Gasteiger partial charge in [-0.05, 0) is 60.8 Å². The van der Waals surface area contributed by atoms with Crippen LogP contribution in [-0.4, -0.2) is 5.96 Å². The number of hydrogen-bond acceptors (Lipinski definition) is 3. The standard InChI is InChI=1S/C21H19F2N3OS/c1-12-6-8-17(27-12)13(2)19-16(23)7-9-18-20(19)25-21(26-28-18)24-11-14-4-3-5-15(22)10-14/h3-10,13H,11H2,1-2H3,(H2,24,25,26)/t13-/m0/s1. The van der Waals surface area contributed by atoms with Gasteiger partial charge in [-0.2, -0.15) is 0 Å². The predicted octanol–water partition coefficient (Wildman–Crippen LogP) is 5.60. The Morgan fingerprint density at radius 2 is 2.00 bits per heavy atom. The van der Waals surface area contributed by atoms with E-state index in [-0.39, 0.29) is 17.6 Å². The second kappa shape index (κ2) is 7.67. The fourth-order valence-electron chi connectivity index (χ4n) is 3.16. The summed E-state index contributed by atoms with van der Waals surface area (Å²) >= 11 is 1.36. The average molecular weight is 399 g/mol. The second-order valence-electron chi connectivity index (χ2n) is 6.63. The molecule has 4 rings (SSSR count). The van der Waals surface area contributed by atoms with Crippen molar-refractivity contribution >= 4 is 23.6 Å². The number of guanidine groups is 1. The minimum Gasteiger partial charge on any atom is -0.466 e. The van der Waals surface area contributed by atoms with Crippen LogP contribution >= 0.6 is 11.9 Å². The van der Waals surface area contributed by atoms with Gasteiger partial charge in [0.05, 0.1) is 17.1 Å². The minimum absolute atomic E-state index is 0.265. The van der Waals surface area contributed by atoms with Crippen molar-refractivity contribution in [1.29, 1.82) is 0 Å². The van der Waals surface area contributed by atoms with Gasteiger partial charge in [-0.3, -0.25) is 4.72 Å². The number of nitrogens with zero attached hydrogens (tertiary/aromatic N) is 1. The van der Waals surface area contributed by atoms with Gasteiger partial charge < -0.3 is 9.73 Å². The molecule has 0 bridgehead atoms. The Morgan fingerprint density at radius 1 is 1.14 bits per heavy atom. The molecule has 28 heavy (non-hydrogen) atoms. The summed E-state index contributed by atoms with van der Waals surface area (Å²) in [5.41, 5.74) is 1.95. The number of aryl methyl sites for hydroxylation is 1. The highest BCUT2D eigenvalue weighted by Gasteiger charge is 2.26. The van der Waals surface area contributed by atoms with Crippen molar-refractivity contribution in [3.8, 4) is 0 Å². The van der Waals surface area contributed by atoms with Gasteiger partial charge in [0.25, 0.3) is 0 Å². The van der Waals surface area contributed by atoms with E-state index in [2.05, 4.69) is 15.0 Å². The Hall–Kier alpha value is -2.80. The summed E-state index contributed by atoms with van der Waals surface area (Å²) in [5, 5.41) is 3.19. The van der Waals surface area contributed by atoms with E-state index < -0.39 is 0 Å². The molecule has 0 saturated heterocycles. The first-order valence-electron chi connectivity index (χ1n) is 8.89. The van der Waals surface area contributed by atoms with Crippen LogP contribution in [-0.2, 0) is 6.54 Å². The highest BCUT2D eigenvalue weighted by Crippen LogP contribution is 2.40. The van der Waals surface area contributed by atoms with E-state index in [0.29, 0.717) is 29.5 Å². The third-order valence-corrected chi connectivity index (χ3v) is 5.44. The molecule has 1 atom stereocenters. The topological polar surface area (TPSA) is 49.6 Å². The van der Waals surface area contributed by atoms with Crippen LogP contribution in [0, 0.1) is 18.6 Å². The molecule has 2 aromatic carbocycles. The lowest BCUT2D eigenvalue weighted by molar-refractivity contribution is 0.465. The van der Waals surface area contributed by atoms with E-state index in [0.717, 1.165) is 16.2 Å². The van der Waals surface area contributed by atoms with Gasteiger partial charge in [0.2, 0.25) is 5.96 Å². The Labute approximate surface area is 166 Å². The van der Waals surface area contributed by atoms with E-state index in [1.807, 2.05) is 32.0 Å². The molecule has 0 amide bonds. The molecule has 0 fully saturated rings. The maximum atomic E-state index is 14.7. The number of furan rings is 1. The summed E-state index contributed by atoms with van der Waals surface area (Å²) < 4.78 is 36.9. The maximum Gasteiger partial charge on any atom is 0.206 e. The minimum atomic E-state index is -0.306. The lowest BCUT2D eigenvalue weighted by Gasteiger charge is -2.25. The summed E-state index contributed by atoms with van der Waals surface area (Å²) in [6.07, 6.45) is 0. The first-order valence-corrected chi connectivity index (χ1v) is 9.70. The summed E-state index contributed by atoms with van der Waals surface area (Å²) in [6, 6.07) is 13.2. The number of benzene rings is 2. The van der Waals surface area contributed by atoms with Crippen LogP contribution in [0.1, 0.15) is 35.5 Å². The van der Waals surface area contributed by atoms with Crippen LogP contribution in [0.2, 0.25) is 0 Å². The summed E-state index contributed by atoms with van der Waals surface area (Å²) in [5.74, 6) is 1.12. The highest BCUT2D eigenvalue weighted by molar-refractivity contribution is 7.98. The number of rotatable bonds is 4. The molecule has 1 aromatic heterocycles. The van der Waals surface area contributed by atoms with Crippen LogP contribution in [0.5, 0.6) is 0 Å². The van der Waals surface area contributed by atoms with Crippen LogP contribution < -0.4 is 10.0 Å². The summed E-state index contributed by atoms with van der Waals surface area (Å²) in [4.78, 5) is 5.33. The zero-order chi connectivity index (χ0) is 19.7. The van der Waals surface area contributed by atoms with Crippen LogP contribution in [0.3, 0.4) is 0 Å². The Kier molecular flexibility index (Phi) is 5.09. The van der Waals surface area contributed by atoms with E-state index in [4.69, 9.17) is 4.42 Å². The van der Waals surface area contributed by atoms with Crippen molar-refractivity contribution in [2.75, 3.05) is 5.32 Å². The predicted molar refractivity (Wildman–Crippen MR) is 108 cm³/mol. The summed E-state index contributed by atoms with van der Waals surface area (Å²) in [6.45, 7) is 4.08. The van der Waals surface area contributed by atoms with Crippen molar-refractivity contribution in [3.05, 3.63) is 82.8 Å². The fraction of sp³-hybridized carbons (Fsp3) is 0.190. The summed E-state index contributed by atoms with van der Waals surface area (Å²) in [7, 11) is 0. The normalized spacial score (nSPS) is 15.6. The van der Waals surface area contributed by atoms with E-state index in [9.17, 15) is 8.78 Å². The Morgan fingerprint density at radius 3 is 2.75 bits per heavy atom. The van der Waals surface area contributed by atoms with Crippen molar-refractivity contribution in [1.82, 2.24) is 4.72 Å². The first kappa shape index (κ1) is 18.6. The molecule has 1 aliphatic rings. The third kappa shape index (κ3) is 3.75. The number of anilines is 1. The maximum absolute atomic E-state index is 14.7. The first-order chi connectivity index (χ1) is 13.5. The number of aliphatic imine (C=N–C) groups is 1. The zero-order valence-corrected chi connectivity index (χ0v) is 16.2. The molecule has 4 nitrogen and oxygen atoms in total. The van der Waals surface area contributed by atoms with Gasteiger partial charge >= 0.3 is 0 Å². The van der Waals surface area contributed by atoms with Crippen molar-refractivity contribution < 1.29 is 13.2 Å².